The van der Waals surface area contributed by atoms with Gasteiger partial charge >= 0.3 is 5.97 Å². The number of fused-ring (bicyclic) bond motifs is 1. The van der Waals surface area contributed by atoms with Gasteiger partial charge < -0.3 is 10.4 Å². The molecule has 2 fully saturated rings. The fourth-order valence-electron chi connectivity index (χ4n) is 1.89. The van der Waals surface area contributed by atoms with E-state index in [-0.39, 0.29) is 0 Å². The van der Waals surface area contributed by atoms with Gasteiger partial charge in [-0.05, 0) is 31.7 Å². The molecule has 2 aliphatic rings. The molecule has 0 spiro atoms. The first kappa shape index (κ1) is 6.16. The van der Waals surface area contributed by atoms with Crippen LogP contribution in [0.2, 0.25) is 0 Å². The number of hydrogen-bond acceptors (Lipinski definition) is 2. The summed E-state index contributed by atoms with van der Waals surface area (Å²) in [4.78, 5) is 10.7. The van der Waals surface area contributed by atoms with Crippen LogP contribution in [0.3, 0.4) is 0 Å². The fourth-order valence-corrected chi connectivity index (χ4v) is 1.89. The minimum Gasteiger partial charge on any atom is -0.480 e. The molecule has 0 aromatic heterocycles. The van der Waals surface area contributed by atoms with Crippen molar-refractivity contribution < 1.29 is 9.90 Å². The molecule has 3 nitrogen and oxygen atoms in total. The summed E-state index contributed by atoms with van der Waals surface area (Å²) in [6.07, 6.45) is 1.11. The summed E-state index contributed by atoms with van der Waals surface area (Å²) in [5, 5.41) is 11.8. The van der Waals surface area contributed by atoms with Gasteiger partial charge in [0.1, 0.15) is 5.54 Å². The summed E-state index contributed by atoms with van der Waals surface area (Å²) in [7, 11) is 0. The normalized spacial score (nSPS) is 50.5. The molecule has 2 N–H and O–H groups in total. The Morgan fingerprint density at radius 1 is 1.80 bits per heavy atom. The molecule has 3 heteroatoms. The lowest BCUT2D eigenvalue weighted by Crippen LogP contribution is -2.47. The van der Waals surface area contributed by atoms with Gasteiger partial charge in [0, 0.05) is 0 Å². The van der Waals surface area contributed by atoms with Crippen LogP contribution in [-0.2, 0) is 4.79 Å². The molecule has 0 radical (unpaired) electrons. The van der Waals surface area contributed by atoms with E-state index < -0.39 is 11.5 Å². The molecule has 1 aliphatic heterocycles. The van der Waals surface area contributed by atoms with Gasteiger partial charge in [0.2, 0.25) is 0 Å². The van der Waals surface area contributed by atoms with Crippen LogP contribution in [0.5, 0.6) is 0 Å². The van der Waals surface area contributed by atoms with E-state index >= 15 is 0 Å². The third kappa shape index (κ3) is 0.560. The highest BCUT2D eigenvalue weighted by molar-refractivity contribution is 5.80. The van der Waals surface area contributed by atoms with Crippen molar-refractivity contribution in [2.45, 2.75) is 18.9 Å². The Hall–Kier alpha value is -0.570. The van der Waals surface area contributed by atoms with E-state index in [1.807, 2.05) is 0 Å². The zero-order valence-corrected chi connectivity index (χ0v) is 5.92. The van der Waals surface area contributed by atoms with E-state index in [0.29, 0.717) is 11.8 Å². The van der Waals surface area contributed by atoms with E-state index in [1.165, 1.54) is 0 Å². The average molecular weight is 141 g/mol. The quantitative estimate of drug-likeness (QED) is 0.543. The van der Waals surface area contributed by atoms with Gasteiger partial charge in [0.05, 0.1) is 0 Å². The van der Waals surface area contributed by atoms with Crippen molar-refractivity contribution in [3.05, 3.63) is 0 Å². The van der Waals surface area contributed by atoms with Crippen molar-refractivity contribution >= 4 is 5.97 Å². The second-order valence-electron chi connectivity index (χ2n) is 3.49. The first-order valence-corrected chi connectivity index (χ1v) is 3.63. The van der Waals surface area contributed by atoms with Crippen molar-refractivity contribution in [3.63, 3.8) is 0 Å². The van der Waals surface area contributed by atoms with Gasteiger partial charge in [-0.25, -0.2) is 0 Å². The molecular weight excluding hydrogens is 130 g/mol. The molecule has 0 aromatic carbocycles. The van der Waals surface area contributed by atoms with Crippen molar-refractivity contribution in [1.29, 1.82) is 0 Å². The van der Waals surface area contributed by atoms with E-state index in [1.54, 1.807) is 6.92 Å². The summed E-state index contributed by atoms with van der Waals surface area (Å²) in [5.74, 6) is 0.364. The smallest absolute Gasteiger partial charge is 0.323 e. The summed E-state index contributed by atoms with van der Waals surface area (Å²) in [5.41, 5.74) is -0.606. The monoisotopic (exact) mass is 141 g/mol. The second-order valence-corrected chi connectivity index (χ2v) is 3.49. The molecule has 0 amide bonds. The molecule has 1 saturated heterocycles. The van der Waals surface area contributed by atoms with Crippen LogP contribution < -0.4 is 5.32 Å². The summed E-state index contributed by atoms with van der Waals surface area (Å²) in [6, 6.07) is 0. The zero-order chi connectivity index (χ0) is 7.35. The van der Waals surface area contributed by atoms with Crippen LogP contribution in [0.25, 0.3) is 0 Å². The third-order valence-corrected chi connectivity index (χ3v) is 2.84. The van der Waals surface area contributed by atoms with Crippen LogP contribution in [0.4, 0.5) is 0 Å². The van der Waals surface area contributed by atoms with Crippen molar-refractivity contribution in [2.75, 3.05) is 6.54 Å². The Morgan fingerprint density at radius 2 is 2.50 bits per heavy atom. The first-order valence-electron chi connectivity index (χ1n) is 3.63. The zero-order valence-electron chi connectivity index (χ0n) is 5.92. The number of aliphatic carboxylic acids is 1. The second kappa shape index (κ2) is 1.53. The third-order valence-electron chi connectivity index (χ3n) is 2.84. The lowest BCUT2D eigenvalue weighted by Gasteiger charge is -2.20. The van der Waals surface area contributed by atoms with Gasteiger partial charge in [-0.15, -0.1) is 0 Å². The van der Waals surface area contributed by atoms with E-state index in [4.69, 9.17) is 5.11 Å². The highest BCUT2D eigenvalue weighted by Crippen LogP contribution is 2.50. The summed E-state index contributed by atoms with van der Waals surface area (Å²) in [6.45, 7) is 2.68. The molecule has 0 bridgehead atoms. The standard InChI is InChI=1S/C7H11NO2/c1-7(6(9)10)5-2-4(5)3-8-7/h4-5,8H,2-3H2,1H3,(H,9,10). The lowest BCUT2D eigenvalue weighted by molar-refractivity contribution is -0.144. The molecule has 3 unspecified atom stereocenters. The van der Waals surface area contributed by atoms with Crippen LogP contribution in [-0.4, -0.2) is 23.2 Å². The molecule has 1 saturated carbocycles. The van der Waals surface area contributed by atoms with Crippen molar-refractivity contribution in [2.24, 2.45) is 11.8 Å². The number of piperidine rings is 1. The Bertz CT molecular complexity index is 192. The molecule has 10 heavy (non-hydrogen) atoms. The largest absolute Gasteiger partial charge is 0.480 e. The maximum atomic E-state index is 10.7. The van der Waals surface area contributed by atoms with Crippen LogP contribution in [0, 0.1) is 11.8 Å². The maximum absolute atomic E-state index is 10.7. The Morgan fingerprint density at radius 3 is 2.70 bits per heavy atom. The van der Waals surface area contributed by atoms with E-state index in [0.717, 1.165) is 13.0 Å². The number of nitrogens with one attached hydrogen (secondary N) is 1. The number of rotatable bonds is 1. The highest BCUT2D eigenvalue weighted by Gasteiger charge is 2.59. The van der Waals surface area contributed by atoms with Gasteiger partial charge in [-0.2, -0.15) is 0 Å². The Balaban J connectivity index is 2.21. The number of hydrogen-bond donors (Lipinski definition) is 2. The fraction of sp³-hybridized carbons (Fsp3) is 0.857. The molecule has 1 aliphatic carbocycles. The van der Waals surface area contributed by atoms with E-state index in [2.05, 4.69) is 5.32 Å². The van der Waals surface area contributed by atoms with Gasteiger partial charge in [-0.1, -0.05) is 0 Å². The molecule has 3 atom stereocenters. The summed E-state index contributed by atoms with van der Waals surface area (Å²) >= 11 is 0. The Kier molecular flexibility index (Phi) is 0.944. The van der Waals surface area contributed by atoms with Gasteiger partial charge in [-0.3, -0.25) is 4.79 Å². The molecular formula is C7H11NO2. The number of carbonyl (C=O) groups is 1. The van der Waals surface area contributed by atoms with Gasteiger partial charge in [0.25, 0.3) is 0 Å². The van der Waals surface area contributed by atoms with E-state index in [9.17, 15) is 4.79 Å². The minimum atomic E-state index is -0.697. The minimum absolute atomic E-state index is 0.407. The molecule has 1 heterocycles. The SMILES string of the molecule is CC1(C(=O)O)NCC2CC21. The topological polar surface area (TPSA) is 49.3 Å². The lowest BCUT2D eigenvalue weighted by atomic mass is 9.98. The predicted molar refractivity (Wildman–Crippen MR) is 35.6 cm³/mol. The average Bonchev–Trinajstić information content (AvgIpc) is 2.56. The molecule has 56 valence electrons. The number of carboxylic acid groups (broad SMARTS) is 1. The van der Waals surface area contributed by atoms with Crippen molar-refractivity contribution in [1.82, 2.24) is 5.32 Å². The van der Waals surface area contributed by atoms with Crippen LogP contribution in [0.1, 0.15) is 13.3 Å². The summed E-state index contributed by atoms with van der Waals surface area (Å²) < 4.78 is 0. The maximum Gasteiger partial charge on any atom is 0.323 e. The van der Waals surface area contributed by atoms with Crippen LogP contribution in [0.15, 0.2) is 0 Å². The van der Waals surface area contributed by atoms with Crippen LogP contribution >= 0.6 is 0 Å². The Labute approximate surface area is 59.4 Å². The van der Waals surface area contributed by atoms with Crippen molar-refractivity contribution in [3.8, 4) is 0 Å². The molecule has 2 rings (SSSR count). The highest BCUT2D eigenvalue weighted by atomic mass is 16.4. The predicted octanol–water partition coefficient (Wildman–Crippen LogP) is 0.0690. The molecule has 0 aromatic rings. The first-order chi connectivity index (χ1) is 4.64. The number of carboxylic acids is 1. The van der Waals surface area contributed by atoms with Gasteiger partial charge in [0.15, 0.2) is 0 Å².